The zero-order valence-corrected chi connectivity index (χ0v) is 17.3. The topological polar surface area (TPSA) is 80.5 Å². The fourth-order valence-electron chi connectivity index (χ4n) is 3.67. The predicted octanol–water partition coefficient (Wildman–Crippen LogP) is 1.36. The van der Waals surface area contributed by atoms with Gasteiger partial charge in [-0.25, -0.2) is 4.79 Å². The number of carbonyl (C=O) groups excluding carboxylic acids is 1. The number of urea groups is 1. The Kier molecular flexibility index (Phi) is 8.62. The smallest absolute Gasteiger partial charge is 0.335 e. The van der Waals surface area contributed by atoms with Crippen LogP contribution in [-0.2, 0) is 0 Å². The number of hydrogen-bond donors (Lipinski definition) is 5. The Labute approximate surface area is 169 Å². The van der Waals surface area contributed by atoms with E-state index in [1.165, 1.54) is 0 Å². The molecule has 11 heteroatoms. The zero-order chi connectivity index (χ0) is 20.9. The fourth-order valence-corrected chi connectivity index (χ4v) is 4.04. The van der Waals surface area contributed by atoms with Gasteiger partial charge in [0.05, 0.1) is 12.1 Å². The van der Waals surface area contributed by atoms with Crippen LogP contribution in [0.2, 0.25) is 0 Å². The molecule has 2 amide bonds. The molecule has 2 aliphatic rings. The first-order valence-corrected chi connectivity index (χ1v) is 10.2. The van der Waals surface area contributed by atoms with Crippen molar-refractivity contribution < 1.29 is 18.0 Å². The van der Waals surface area contributed by atoms with Crippen molar-refractivity contribution in [2.75, 3.05) is 27.2 Å². The van der Waals surface area contributed by atoms with E-state index in [1.54, 1.807) is 0 Å². The van der Waals surface area contributed by atoms with Crippen LogP contribution in [0.25, 0.3) is 0 Å². The minimum Gasteiger partial charge on any atom is -0.335 e. The second-order valence-electron chi connectivity index (χ2n) is 8.00. The average molecular weight is 429 g/mol. The highest BCUT2D eigenvalue weighted by atomic mass is 35.5. The van der Waals surface area contributed by atoms with Gasteiger partial charge in [0.1, 0.15) is 6.29 Å². The molecule has 1 saturated carbocycles. The van der Waals surface area contributed by atoms with Crippen molar-refractivity contribution in [2.24, 2.45) is 5.92 Å². The summed E-state index contributed by atoms with van der Waals surface area (Å²) in [6.07, 6.45) is -3.47. The Balaban J connectivity index is 1.79. The molecule has 1 heterocycles. The normalized spacial score (nSPS) is 34.3. The Morgan fingerprint density at radius 1 is 1.18 bits per heavy atom. The summed E-state index contributed by atoms with van der Waals surface area (Å²) in [4.78, 5) is 14.4. The summed E-state index contributed by atoms with van der Waals surface area (Å²) >= 11 is 5.84. The lowest BCUT2D eigenvalue weighted by Gasteiger charge is -2.38. The number of halogens is 4. The van der Waals surface area contributed by atoms with Crippen LogP contribution in [0, 0.1) is 5.92 Å². The van der Waals surface area contributed by atoms with Crippen molar-refractivity contribution in [3.05, 3.63) is 0 Å². The number of nitrogens with one attached hydrogen (secondary N) is 5. The first-order chi connectivity index (χ1) is 13.0. The highest BCUT2D eigenvalue weighted by Gasteiger charge is 2.47. The number of rotatable bonds is 6. The van der Waals surface area contributed by atoms with E-state index in [0.717, 1.165) is 19.5 Å². The minimum atomic E-state index is -4.35. The van der Waals surface area contributed by atoms with Crippen LogP contribution < -0.4 is 26.6 Å². The minimum absolute atomic E-state index is 0.0304. The van der Waals surface area contributed by atoms with Gasteiger partial charge in [0.25, 0.3) is 0 Å². The van der Waals surface area contributed by atoms with Crippen LogP contribution >= 0.6 is 11.6 Å². The molecule has 5 N–H and O–H groups in total. The average Bonchev–Trinajstić information content (AvgIpc) is 2.54. The molecule has 7 nitrogen and oxygen atoms in total. The van der Waals surface area contributed by atoms with Crippen LogP contribution in [0.5, 0.6) is 0 Å². The summed E-state index contributed by atoms with van der Waals surface area (Å²) < 4.78 is 39.2. The van der Waals surface area contributed by atoms with Crippen molar-refractivity contribution in [3.63, 3.8) is 0 Å². The summed E-state index contributed by atoms with van der Waals surface area (Å²) in [5, 5.41) is 14.3. The highest BCUT2D eigenvalue weighted by Crippen LogP contribution is 2.40. The largest absolute Gasteiger partial charge is 0.393 e. The lowest BCUT2D eigenvalue weighted by Crippen LogP contribution is -2.68. The van der Waals surface area contributed by atoms with Crippen molar-refractivity contribution in [1.82, 2.24) is 31.5 Å². The van der Waals surface area contributed by atoms with E-state index in [0.29, 0.717) is 6.42 Å². The second kappa shape index (κ2) is 10.3. The van der Waals surface area contributed by atoms with E-state index >= 15 is 0 Å². The summed E-state index contributed by atoms with van der Waals surface area (Å²) in [7, 11) is 3.99. The molecule has 2 rings (SSSR count). The zero-order valence-electron chi connectivity index (χ0n) is 16.6. The van der Waals surface area contributed by atoms with Crippen molar-refractivity contribution in [2.45, 2.75) is 68.7 Å². The number of nitrogens with zero attached hydrogens (tertiary/aromatic N) is 1. The molecule has 28 heavy (non-hydrogen) atoms. The molecule has 6 atom stereocenters. The summed E-state index contributed by atoms with van der Waals surface area (Å²) in [5.41, 5.74) is 0. The van der Waals surface area contributed by atoms with Crippen LogP contribution in [0.3, 0.4) is 0 Å². The SMILES string of the molecule is CC1CC(NCCN(C)C)NC(NC(=O)NC2CCC(Cl)C(C(F)(F)F)C2)N1. The van der Waals surface area contributed by atoms with E-state index in [-0.39, 0.29) is 25.0 Å². The van der Waals surface area contributed by atoms with Gasteiger partial charge in [0, 0.05) is 30.6 Å². The first kappa shape index (κ1) is 23.5. The molecular formula is C17H32ClF3N6O. The molecule has 1 saturated heterocycles. The molecular weight excluding hydrogens is 397 g/mol. The Morgan fingerprint density at radius 2 is 1.89 bits per heavy atom. The molecule has 0 spiro atoms. The van der Waals surface area contributed by atoms with Crippen LogP contribution in [0.4, 0.5) is 18.0 Å². The standard InChI is InChI=1S/C17H32ClF3N6O/c1-10-8-14(22-6-7-27(2)3)25-15(23-10)26-16(28)24-11-4-5-13(18)12(9-11)17(19,20)21/h10-15,22-23,25H,4-9H2,1-3H3,(H2,24,26,28). The third-order valence-electron chi connectivity index (χ3n) is 5.16. The lowest BCUT2D eigenvalue weighted by atomic mass is 9.85. The Morgan fingerprint density at radius 3 is 2.54 bits per heavy atom. The number of amides is 2. The molecule has 2 fully saturated rings. The van der Waals surface area contributed by atoms with Crippen molar-refractivity contribution in [3.8, 4) is 0 Å². The molecule has 0 radical (unpaired) electrons. The van der Waals surface area contributed by atoms with Gasteiger partial charge >= 0.3 is 12.2 Å². The quantitative estimate of drug-likeness (QED) is 0.413. The molecule has 6 unspecified atom stereocenters. The van der Waals surface area contributed by atoms with Crippen LogP contribution in [0.1, 0.15) is 32.6 Å². The lowest BCUT2D eigenvalue weighted by molar-refractivity contribution is -0.182. The molecule has 1 aliphatic heterocycles. The molecule has 0 aromatic carbocycles. The van der Waals surface area contributed by atoms with Gasteiger partial charge in [-0.1, -0.05) is 0 Å². The van der Waals surface area contributed by atoms with E-state index in [1.807, 2.05) is 21.0 Å². The number of likely N-dealkylation sites (N-methyl/N-ethyl adjacent to an activating group) is 1. The third-order valence-corrected chi connectivity index (χ3v) is 5.68. The summed E-state index contributed by atoms with van der Waals surface area (Å²) in [6.45, 7) is 3.71. The van der Waals surface area contributed by atoms with E-state index < -0.39 is 35.8 Å². The van der Waals surface area contributed by atoms with Gasteiger partial charge in [-0.15, -0.1) is 11.6 Å². The van der Waals surface area contributed by atoms with Crippen molar-refractivity contribution in [1.29, 1.82) is 0 Å². The monoisotopic (exact) mass is 428 g/mol. The van der Waals surface area contributed by atoms with Gasteiger partial charge in [-0.2, -0.15) is 13.2 Å². The summed E-state index contributed by atoms with van der Waals surface area (Å²) in [6, 6.07) is -0.869. The molecule has 0 bridgehead atoms. The number of alkyl halides is 4. The van der Waals surface area contributed by atoms with Gasteiger partial charge in [-0.05, 0) is 46.7 Å². The Hall–Kier alpha value is -0.810. The van der Waals surface area contributed by atoms with Crippen LogP contribution in [-0.4, -0.2) is 74.2 Å². The van der Waals surface area contributed by atoms with Gasteiger partial charge in [0.2, 0.25) is 0 Å². The summed E-state index contributed by atoms with van der Waals surface area (Å²) in [5.74, 6) is -1.59. The predicted molar refractivity (Wildman–Crippen MR) is 103 cm³/mol. The maximum absolute atomic E-state index is 13.1. The van der Waals surface area contributed by atoms with E-state index in [4.69, 9.17) is 11.6 Å². The Bertz CT molecular complexity index is 510. The number of carbonyl (C=O) groups is 1. The van der Waals surface area contributed by atoms with Gasteiger partial charge < -0.3 is 20.9 Å². The van der Waals surface area contributed by atoms with Crippen LogP contribution in [0.15, 0.2) is 0 Å². The van der Waals surface area contributed by atoms with E-state index in [2.05, 4.69) is 31.5 Å². The van der Waals surface area contributed by atoms with E-state index in [9.17, 15) is 18.0 Å². The molecule has 0 aromatic rings. The number of hydrogen-bond acceptors (Lipinski definition) is 5. The first-order valence-electron chi connectivity index (χ1n) is 9.72. The molecule has 0 aromatic heterocycles. The van der Waals surface area contributed by atoms with Gasteiger partial charge in [0.15, 0.2) is 0 Å². The molecule has 1 aliphatic carbocycles. The second-order valence-corrected chi connectivity index (χ2v) is 8.57. The fraction of sp³-hybridized carbons (Fsp3) is 0.941. The highest BCUT2D eigenvalue weighted by molar-refractivity contribution is 6.20. The third kappa shape index (κ3) is 7.55. The molecule has 164 valence electrons. The van der Waals surface area contributed by atoms with Crippen molar-refractivity contribution >= 4 is 17.6 Å². The maximum Gasteiger partial charge on any atom is 0.393 e. The van der Waals surface area contributed by atoms with Gasteiger partial charge in [-0.3, -0.25) is 10.6 Å². The maximum atomic E-state index is 13.1.